The maximum atomic E-state index is 5.18. The molecule has 3 nitrogen and oxygen atoms in total. The number of aliphatic imine (C=N–C) groups is 1. The number of piperazine rings is 1. The van der Waals surface area contributed by atoms with Crippen LogP contribution < -0.4 is 0 Å². The van der Waals surface area contributed by atoms with Crippen molar-refractivity contribution in [1.29, 1.82) is 0 Å². The van der Waals surface area contributed by atoms with Crippen molar-refractivity contribution in [3.63, 3.8) is 0 Å². The maximum absolute atomic E-state index is 5.18. The van der Waals surface area contributed by atoms with E-state index in [4.69, 9.17) is 4.99 Å². The van der Waals surface area contributed by atoms with Crippen LogP contribution in [0.5, 0.6) is 0 Å². The third-order valence-electron chi connectivity index (χ3n) is 6.55. The number of nitrogens with zero attached hydrogens (tertiary/aromatic N) is 3. The van der Waals surface area contributed by atoms with Gasteiger partial charge in [-0.1, -0.05) is 68.0 Å². The van der Waals surface area contributed by atoms with E-state index in [0.29, 0.717) is 0 Å². The van der Waals surface area contributed by atoms with Gasteiger partial charge < -0.3 is 4.90 Å². The summed E-state index contributed by atoms with van der Waals surface area (Å²) >= 11 is 0. The number of amidine groups is 1. The average molecular weight is 388 g/mol. The number of hydrogen-bond donors (Lipinski definition) is 0. The van der Waals surface area contributed by atoms with Crippen molar-refractivity contribution in [2.24, 2.45) is 10.4 Å². The van der Waals surface area contributed by atoms with E-state index in [-0.39, 0.29) is 5.41 Å². The third kappa shape index (κ3) is 4.16. The molecule has 0 atom stereocenters. The lowest BCUT2D eigenvalue weighted by Crippen LogP contribution is -2.51. The SMILES string of the molecule is C=C(C)C(C)(C)CN1CCN(C2=Nc3ccc(C)cc3Cc3ccccc32)CC1. The van der Waals surface area contributed by atoms with Crippen molar-refractivity contribution in [2.45, 2.75) is 34.1 Å². The van der Waals surface area contributed by atoms with E-state index in [1.54, 1.807) is 0 Å². The van der Waals surface area contributed by atoms with Gasteiger partial charge in [0.25, 0.3) is 0 Å². The van der Waals surface area contributed by atoms with E-state index in [2.05, 4.69) is 86.5 Å². The maximum Gasteiger partial charge on any atom is 0.136 e. The number of hydrogen-bond acceptors (Lipinski definition) is 3. The minimum Gasteiger partial charge on any atom is -0.354 e. The molecule has 2 aliphatic heterocycles. The zero-order valence-electron chi connectivity index (χ0n) is 18.3. The lowest BCUT2D eigenvalue weighted by Gasteiger charge is -2.40. The quantitative estimate of drug-likeness (QED) is 0.674. The Kier molecular flexibility index (Phi) is 5.35. The second-order valence-corrected chi connectivity index (χ2v) is 9.33. The molecule has 0 saturated carbocycles. The van der Waals surface area contributed by atoms with E-state index in [1.165, 1.54) is 27.8 Å². The first-order chi connectivity index (χ1) is 13.8. The third-order valence-corrected chi connectivity index (χ3v) is 6.55. The number of aryl methyl sites for hydroxylation is 1. The van der Waals surface area contributed by atoms with Gasteiger partial charge in [-0.05, 0) is 36.5 Å². The van der Waals surface area contributed by atoms with Crippen LogP contribution in [0, 0.1) is 12.3 Å². The van der Waals surface area contributed by atoms with Crippen LogP contribution in [0.15, 0.2) is 59.6 Å². The topological polar surface area (TPSA) is 18.8 Å². The molecule has 0 spiro atoms. The van der Waals surface area contributed by atoms with E-state index in [1.807, 2.05) is 0 Å². The fourth-order valence-corrected chi connectivity index (χ4v) is 4.29. The molecule has 0 aliphatic carbocycles. The second-order valence-electron chi connectivity index (χ2n) is 9.33. The molecule has 0 amide bonds. The van der Waals surface area contributed by atoms with Crippen molar-refractivity contribution in [2.75, 3.05) is 32.7 Å². The van der Waals surface area contributed by atoms with Gasteiger partial charge in [0, 0.05) is 44.7 Å². The van der Waals surface area contributed by atoms with Gasteiger partial charge in [-0.25, -0.2) is 4.99 Å². The molecule has 4 rings (SSSR count). The van der Waals surface area contributed by atoms with Gasteiger partial charge in [0.2, 0.25) is 0 Å². The van der Waals surface area contributed by atoms with Crippen molar-refractivity contribution in [3.8, 4) is 0 Å². The van der Waals surface area contributed by atoms with Crippen molar-refractivity contribution in [3.05, 3.63) is 76.9 Å². The normalized spacial score (nSPS) is 17.2. The van der Waals surface area contributed by atoms with Crippen LogP contribution >= 0.6 is 0 Å². The van der Waals surface area contributed by atoms with Crippen LogP contribution in [0.2, 0.25) is 0 Å². The molecule has 0 N–H and O–H groups in total. The zero-order chi connectivity index (χ0) is 20.6. The Morgan fingerprint density at radius 3 is 2.48 bits per heavy atom. The zero-order valence-corrected chi connectivity index (χ0v) is 18.3. The molecule has 2 aromatic carbocycles. The minimum atomic E-state index is 0.158. The van der Waals surface area contributed by atoms with Gasteiger partial charge in [0.15, 0.2) is 0 Å². The molecule has 1 fully saturated rings. The summed E-state index contributed by atoms with van der Waals surface area (Å²) in [6.07, 6.45) is 0.951. The largest absolute Gasteiger partial charge is 0.354 e. The number of rotatable bonds is 3. The van der Waals surface area contributed by atoms with E-state index in [0.717, 1.165) is 50.7 Å². The van der Waals surface area contributed by atoms with Gasteiger partial charge >= 0.3 is 0 Å². The monoisotopic (exact) mass is 387 g/mol. The summed E-state index contributed by atoms with van der Waals surface area (Å²) in [5, 5.41) is 0. The molecule has 0 bridgehead atoms. The molecular formula is C26H33N3. The Labute approximate surface area is 175 Å². The molecule has 29 heavy (non-hydrogen) atoms. The Morgan fingerprint density at radius 2 is 1.76 bits per heavy atom. The van der Waals surface area contributed by atoms with Crippen molar-refractivity contribution < 1.29 is 0 Å². The van der Waals surface area contributed by atoms with Gasteiger partial charge in [-0.3, -0.25) is 4.90 Å². The fraction of sp³-hybridized carbons (Fsp3) is 0.423. The molecule has 2 heterocycles. The van der Waals surface area contributed by atoms with Gasteiger partial charge in [0.1, 0.15) is 5.84 Å². The minimum absolute atomic E-state index is 0.158. The predicted molar refractivity (Wildman–Crippen MR) is 123 cm³/mol. The highest BCUT2D eigenvalue weighted by atomic mass is 15.3. The van der Waals surface area contributed by atoms with Crippen molar-refractivity contribution in [1.82, 2.24) is 9.80 Å². The predicted octanol–water partition coefficient (Wildman–Crippen LogP) is 5.20. The highest BCUT2D eigenvalue weighted by Gasteiger charge is 2.28. The second kappa shape index (κ2) is 7.79. The van der Waals surface area contributed by atoms with Crippen LogP contribution in [-0.4, -0.2) is 48.4 Å². The summed E-state index contributed by atoms with van der Waals surface area (Å²) in [7, 11) is 0. The van der Waals surface area contributed by atoms with Crippen LogP contribution in [0.1, 0.15) is 43.0 Å². The van der Waals surface area contributed by atoms with Crippen molar-refractivity contribution >= 4 is 11.5 Å². The van der Waals surface area contributed by atoms with E-state index in [9.17, 15) is 0 Å². The molecule has 2 aromatic rings. The Bertz CT molecular complexity index is 946. The van der Waals surface area contributed by atoms with Crippen LogP contribution in [0.4, 0.5) is 5.69 Å². The first-order valence-corrected chi connectivity index (χ1v) is 10.7. The summed E-state index contributed by atoms with van der Waals surface area (Å²) < 4.78 is 0. The first kappa shape index (κ1) is 19.9. The van der Waals surface area contributed by atoms with Crippen LogP contribution in [0.3, 0.4) is 0 Å². The summed E-state index contributed by atoms with van der Waals surface area (Å²) in [6, 6.07) is 15.4. The molecule has 1 saturated heterocycles. The lowest BCUT2D eigenvalue weighted by atomic mass is 9.85. The summed E-state index contributed by atoms with van der Waals surface area (Å²) in [6.45, 7) is 18.3. The molecule has 2 aliphatic rings. The molecule has 0 aromatic heterocycles. The molecular weight excluding hydrogens is 354 g/mol. The number of fused-ring (bicyclic) bond motifs is 2. The lowest BCUT2D eigenvalue weighted by molar-refractivity contribution is 0.143. The number of benzene rings is 2. The standard InChI is InChI=1S/C26H33N3/c1-19(2)26(4,5)18-28-12-14-29(15-13-28)25-23-9-7-6-8-21(23)17-22-16-20(3)10-11-24(22)27-25/h6-11,16H,1,12-15,17-18H2,2-5H3. The Balaban J connectivity index is 1.59. The fourth-order valence-electron chi connectivity index (χ4n) is 4.29. The summed E-state index contributed by atoms with van der Waals surface area (Å²) in [4.78, 5) is 10.2. The molecule has 3 heteroatoms. The summed E-state index contributed by atoms with van der Waals surface area (Å²) in [5.41, 5.74) is 7.83. The van der Waals surface area contributed by atoms with E-state index < -0.39 is 0 Å². The van der Waals surface area contributed by atoms with Crippen LogP contribution in [0.25, 0.3) is 0 Å². The van der Waals surface area contributed by atoms with Gasteiger partial charge in [0.05, 0.1) is 5.69 Å². The van der Waals surface area contributed by atoms with Gasteiger partial charge in [-0.15, -0.1) is 0 Å². The molecule has 152 valence electrons. The summed E-state index contributed by atoms with van der Waals surface area (Å²) in [5.74, 6) is 1.14. The Morgan fingerprint density at radius 1 is 1.03 bits per heavy atom. The average Bonchev–Trinajstić information content (AvgIpc) is 2.84. The van der Waals surface area contributed by atoms with Crippen LogP contribution in [-0.2, 0) is 6.42 Å². The smallest absolute Gasteiger partial charge is 0.136 e. The van der Waals surface area contributed by atoms with E-state index >= 15 is 0 Å². The molecule has 0 radical (unpaired) electrons. The van der Waals surface area contributed by atoms with Gasteiger partial charge in [-0.2, -0.15) is 0 Å². The Hall–Kier alpha value is -2.39. The highest BCUT2D eigenvalue weighted by molar-refractivity contribution is 6.02. The molecule has 0 unspecified atom stereocenters. The first-order valence-electron chi connectivity index (χ1n) is 10.7. The highest BCUT2D eigenvalue weighted by Crippen LogP contribution is 2.31.